The van der Waals surface area contributed by atoms with Crippen molar-refractivity contribution in [2.45, 2.75) is 70.7 Å². The molecule has 0 aromatic rings. The van der Waals surface area contributed by atoms with E-state index in [0.29, 0.717) is 12.2 Å². The first-order valence-corrected chi connectivity index (χ1v) is 8.49. The number of carbonyl (C=O) groups is 1. The van der Waals surface area contributed by atoms with E-state index < -0.39 is 5.97 Å². The monoisotopic (exact) mass is 330 g/mol. The van der Waals surface area contributed by atoms with Gasteiger partial charge in [0.15, 0.2) is 0 Å². The van der Waals surface area contributed by atoms with Crippen LogP contribution in [0.2, 0.25) is 0 Å². The van der Waals surface area contributed by atoms with Crippen LogP contribution >= 0.6 is 0 Å². The van der Waals surface area contributed by atoms with Crippen molar-refractivity contribution in [3.63, 3.8) is 0 Å². The van der Waals surface area contributed by atoms with Gasteiger partial charge in [0.2, 0.25) is 0 Å². The summed E-state index contributed by atoms with van der Waals surface area (Å²) in [4.78, 5) is 11.2. The number of carbonyl (C=O) groups excluding carboxylic acids is 1. The summed E-state index contributed by atoms with van der Waals surface area (Å²) < 4.78 is 20.8. The van der Waals surface area contributed by atoms with E-state index in [-0.39, 0.29) is 5.97 Å². The van der Waals surface area contributed by atoms with Crippen LogP contribution in [-0.4, -0.2) is 39.9 Å². The molecule has 0 atom stereocenters. The zero-order valence-electron chi connectivity index (χ0n) is 15.3. The van der Waals surface area contributed by atoms with E-state index in [1.807, 2.05) is 0 Å². The lowest BCUT2D eigenvalue weighted by atomic mass is 10.1. The standard InChI is InChI=1S/C18H34O5/c1-16(2)17(19)23-15-13-11-9-7-6-8-10-12-14-18(20-3,21-4)22-5/h1,6-15H2,2-5H3. The number of methoxy groups -OCH3 is 3. The highest BCUT2D eigenvalue weighted by Gasteiger charge is 2.28. The highest BCUT2D eigenvalue weighted by atomic mass is 16.9. The molecule has 0 aliphatic heterocycles. The van der Waals surface area contributed by atoms with Gasteiger partial charge < -0.3 is 18.9 Å². The van der Waals surface area contributed by atoms with E-state index in [1.54, 1.807) is 28.3 Å². The molecule has 0 bridgehead atoms. The Kier molecular flexibility index (Phi) is 13.0. The number of rotatable bonds is 15. The van der Waals surface area contributed by atoms with Crippen LogP contribution < -0.4 is 0 Å². The molecule has 0 saturated heterocycles. The number of hydrogen-bond acceptors (Lipinski definition) is 5. The van der Waals surface area contributed by atoms with Gasteiger partial charge in [0.1, 0.15) is 0 Å². The first kappa shape index (κ1) is 22.1. The Labute approximate surface area is 141 Å². The molecule has 5 nitrogen and oxygen atoms in total. The average molecular weight is 330 g/mol. The molecular weight excluding hydrogens is 296 g/mol. The molecule has 0 radical (unpaired) electrons. The topological polar surface area (TPSA) is 54.0 Å². The molecule has 0 saturated carbocycles. The van der Waals surface area contributed by atoms with Crippen LogP contribution in [0.3, 0.4) is 0 Å². The Bertz CT molecular complexity index is 315. The van der Waals surface area contributed by atoms with Crippen molar-refractivity contribution in [2.75, 3.05) is 27.9 Å². The molecule has 0 aromatic heterocycles. The predicted molar refractivity (Wildman–Crippen MR) is 91.1 cm³/mol. The van der Waals surface area contributed by atoms with Crippen molar-refractivity contribution in [2.24, 2.45) is 0 Å². The molecule has 0 aliphatic carbocycles. The van der Waals surface area contributed by atoms with Gasteiger partial charge in [-0.25, -0.2) is 4.79 Å². The third-order valence-corrected chi connectivity index (χ3v) is 3.89. The fourth-order valence-corrected chi connectivity index (χ4v) is 2.35. The Morgan fingerprint density at radius 3 is 1.70 bits per heavy atom. The summed E-state index contributed by atoms with van der Waals surface area (Å²) in [6.45, 7) is 5.72. The maximum absolute atomic E-state index is 11.2. The predicted octanol–water partition coefficient (Wildman–Crippen LogP) is 4.21. The van der Waals surface area contributed by atoms with Crippen molar-refractivity contribution in [3.05, 3.63) is 12.2 Å². The van der Waals surface area contributed by atoms with Crippen molar-refractivity contribution in [1.82, 2.24) is 0 Å². The lowest BCUT2D eigenvalue weighted by Gasteiger charge is -2.28. The normalized spacial score (nSPS) is 11.5. The fraction of sp³-hybridized carbons (Fsp3) is 0.833. The minimum Gasteiger partial charge on any atom is -0.462 e. The van der Waals surface area contributed by atoms with Gasteiger partial charge in [0.25, 0.3) is 5.97 Å². The zero-order valence-corrected chi connectivity index (χ0v) is 15.3. The van der Waals surface area contributed by atoms with Crippen LogP contribution in [0.5, 0.6) is 0 Å². The van der Waals surface area contributed by atoms with Gasteiger partial charge >= 0.3 is 5.97 Å². The second-order valence-corrected chi connectivity index (χ2v) is 5.79. The molecule has 136 valence electrons. The summed E-state index contributed by atoms with van der Waals surface area (Å²) in [7, 11) is 4.79. The Morgan fingerprint density at radius 1 is 0.826 bits per heavy atom. The number of unbranched alkanes of at least 4 members (excludes halogenated alkanes) is 7. The van der Waals surface area contributed by atoms with Crippen LogP contribution in [0.25, 0.3) is 0 Å². The molecule has 0 N–H and O–H groups in total. The Morgan fingerprint density at radius 2 is 1.26 bits per heavy atom. The van der Waals surface area contributed by atoms with Gasteiger partial charge in [0.05, 0.1) is 6.61 Å². The molecule has 0 heterocycles. The molecule has 0 fully saturated rings. The minimum atomic E-state index is -0.888. The van der Waals surface area contributed by atoms with Gasteiger partial charge in [-0.05, 0) is 19.8 Å². The number of hydrogen-bond donors (Lipinski definition) is 0. The smallest absolute Gasteiger partial charge is 0.333 e. The largest absolute Gasteiger partial charge is 0.462 e. The summed E-state index contributed by atoms with van der Waals surface area (Å²) in [5.74, 6) is -1.18. The van der Waals surface area contributed by atoms with E-state index in [1.165, 1.54) is 25.7 Å². The van der Waals surface area contributed by atoms with E-state index in [2.05, 4.69) is 6.58 Å². The molecule has 0 rings (SSSR count). The van der Waals surface area contributed by atoms with E-state index in [0.717, 1.165) is 32.1 Å². The summed E-state index contributed by atoms with van der Waals surface area (Å²) in [5, 5.41) is 0. The van der Waals surface area contributed by atoms with Crippen LogP contribution in [0, 0.1) is 0 Å². The SMILES string of the molecule is C=C(C)C(=O)OCCCCCCCCCCC(OC)(OC)OC. The van der Waals surface area contributed by atoms with Gasteiger partial charge in [-0.1, -0.05) is 45.1 Å². The summed E-state index contributed by atoms with van der Waals surface area (Å²) >= 11 is 0. The third-order valence-electron chi connectivity index (χ3n) is 3.89. The van der Waals surface area contributed by atoms with Crippen molar-refractivity contribution < 1.29 is 23.7 Å². The minimum absolute atomic E-state index is 0.288. The van der Waals surface area contributed by atoms with Crippen LogP contribution in [0.1, 0.15) is 64.7 Å². The van der Waals surface area contributed by atoms with Gasteiger partial charge in [-0.3, -0.25) is 0 Å². The maximum Gasteiger partial charge on any atom is 0.333 e. The Hall–Kier alpha value is -0.910. The molecule has 0 unspecified atom stereocenters. The molecule has 0 aromatic carbocycles. The second kappa shape index (κ2) is 13.5. The molecular formula is C18H34O5. The van der Waals surface area contributed by atoms with Crippen LogP contribution in [-0.2, 0) is 23.7 Å². The van der Waals surface area contributed by atoms with Crippen molar-refractivity contribution >= 4 is 5.97 Å². The first-order chi connectivity index (χ1) is 11.0. The molecule has 5 heteroatoms. The molecule has 0 amide bonds. The Balaban J connectivity index is 3.40. The summed E-state index contributed by atoms with van der Waals surface area (Å²) in [5.41, 5.74) is 0.462. The lowest BCUT2D eigenvalue weighted by Crippen LogP contribution is -2.35. The van der Waals surface area contributed by atoms with Gasteiger partial charge in [0, 0.05) is 33.3 Å². The van der Waals surface area contributed by atoms with Crippen LogP contribution in [0.15, 0.2) is 12.2 Å². The van der Waals surface area contributed by atoms with Gasteiger partial charge in [-0.15, -0.1) is 0 Å². The van der Waals surface area contributed by atoms with Crippen molar-refractivity contribution in [1.29, 1.82) is 0 Å². The van der Waals surface area contributed by atoms with E-state index in [4.69, 9.17) is 18.9 Å². The highest BCUT2D eigenvalue weighted by Crippen LogP contribution is 2.21. The van der Waals surface area contributed by atoms with Crippen molar-refractivity contribution in [3.8, 4) is 0 Å². The maximum atomic E-state index is 11.2. The first-order valence-electron chi connectivity index (χ1n) is 8.49. The van der Waals surface area contributed by atoms with E-state index >= 15 is 0 Å². The highest BCUT2D eigenvalue weighted by molar-refractivity contribution is 5.86. The molecule has 23 heavy (non-hydrogen) atoms. The van der Waals surface area contributed by atoms with Crippen LogP contribution in [0.4, 0.5) is 0 Å². The second-order valence-electron chi connectivity index (χ2n) is 5.79. The lowest BCUT2D eigenvalue weighted by molar-refractivity contribution is -0.355. The fourth-order valence-electron chi connectivity index (χ4n) is 2.35. The van der Waals surface area contributed by atoms with Gasteiger partial charge in [-0.2, -0.15) is 0 Å². The quantitative estimate of drug-likeness (QED) is 0.195. The third kappa shape index (κ3) is 10.5. The number of ether oxygens (including phenoxy) is 4. The number of esters is 1. The average Bonchev–Trinajstić information content (AvgIpc) is 2.56. The molecule has 0 spiro atoms. The zero-order chi connectivity index (χ0) is 17.6. The molecule has 0 aliphatic rings. The van der Waals surface area contributed by atoms with E-state index in [9.17, 15) is 4.79 Å². The summed E-state index contributed by atoms with van der Waals surface area (Å²) in [6, 6.07) is 0. The summed E-state index contributed by atoms with van der Waals surface area (Å²) in [6.07, 6.45) is 9.77.